The van der Waals surface area contributed by atoms with Crippen LogP contribution in [0, 0.1) is 11.8 Å². The number of alkyl halides is 1. The van der Waals surface area contributed by atoms with E-state index in [0.717, 1.165) is 0 Å². The molecule has 0 unspecified atom stereocenters. The molecule has 0 radical (unpaired) electrons. The fraction of sp³-hybridized carbons (Fsp3) is 0.769. The van der Waals surface area contributed by atoms with E-state index in [1.165, 1.54) is 0 Å². The first-order valence-corrected chi connectivity index (χ1v) is 7.11. The highest BCUT2D eigenvalue weighted by atomic mass is 35.5. The topological polar surface area (TPSA) is 95.5 Å². The summed E-state index contributed by atoms with van der Waals surface area (Å²) in [5.41, 5.74) is 0. The first-order valence-electron chi connectivity index (χ1n) is 6.57. The van der Waals surface area contributed by atoms with Gasteiger partial charge in [0.25, 0.3) is 0 Å². The summed E-state index contributed by atoms with van der Waals surface area (Å²) in [6.07, 6.45) is 0.416. The summed E-state index contributed by atoms with van der Waals surface area (Å²) in [6.45, 7) is 7.22. The van der Waals surface area contributed by atoms with Gasteiger partial charge in [0.2, 0.25) is 11.8 Å². The summed E-state index contributed by atoms with van der Waals surface area (Å²) in [5.74, 6) is -2.37. The molecule has 0 heterocycles. The Kier molecular flexibility index (Phi) is 8.22. The summed E-state index contributed by atoms with van der Waals surface area (Å²) in [6, 6.07) is -1.76. The van der Waals surface area contributed by atoms with E-state index in [0.29, 0.717) is 6.42 Å². The second-order valence-corrected chi connectivity index (χ2v) is 5.72. The number of aliphatic carboxylic acids is 1. The molecule has 20 heavy (non-hydrogen) atoms. The number of nitrogens with one attached hydrogen (secondary N) is 2. The number of amides is 2. The zero-order chi connectivity index (χ0) is 15.9. The van der Waals surface area contributed by atoms with Crippen molar-refractivity contribution in [1.29, 1.82) is 0 Å². The highest BCUT2D eigenvalue weighted by molar-refractivity contribution is 6.27. The fourth-order valence-corrected chi connectivity index (χ4v) is 1.78. The molecule has 0 fully saturated rings. The molecule has 0 spiro atoms. The lowest BCUT2D eigenvalue weighted by Gasteiger charge is -2.24. The molecule has 0 aliphatic carbocycles. The summed E-state index contributed by atoms with van der Waals surface area (Å²) in [5, 5.41) is 14.0. The monoisotopic (exact) mass is 306 g/mol. The molecule has 0 aromatic heterocycles. The van der Waals surface area contributed by atoms with Crippen LogP contribution in [0.15, 0.2) is 0 Å². The molecule has 7 heteroatoms. The van der Waals surface area contributed by atoms with Crippen LogP contribution in [0.4, 0.5) is 0 Å². The van der Waals surface area contributed by atoms with Crippen LogP contribution >= 0.6 is 11.6 Å². The minimum Gasteiger partial charge on any atom is -0.480 e. The lowest BCUT2D eigenvalue weighted by Crippen LogP contribution is -2.53. The Morgan fingerprint density at radius 2 is 1.65 bits per heavy atom. The Morgan fingerprint density at radius 1 is 1.10 bits per heavy atom. The van der Waals surface area contributed by atoms with Crippen LogP contribution in [-0.2, 0) is 14.4 Å². The third-order valence-electron chi connectivity index (χ3n) is 2.71. The number of carboxylic acids is 1. The van der Waals surface area contributed by atoms with Crippen molar-refractivity contribution in [2.45, 2.75) is 46.2 Å². The maximum Gasteiger partial charge on any atom is 0.326 e. The maximum atomic E-state index is 12.1. The molecule has 0 saturated carbocycles. The number of halogens is 1. The van der Waals surface area contributed by atoms with Crippen LogP contribution < -0.4 is 10.6 Å². The van der Waals surface area contributed by atoms with Gasteiger partial charge in [-0.3, -0.25) is 9.59 Å². The van der Waals surface area contributed by atoms with Crippen LogP contribution in [0.2, 0.25) is 0 Å². The molecule has 2 atom stereocenters. The van der Waals surface area contributed by atoms with E-state index in [4.69, 9.17) is 16.7 Å². The van der Waals surface area contributed by atoms with Crippen molar-refractivity contribution in [3.05, 3.63) is 0 Å². The number of carboxylic acid groups (broad SMARTS) is 1. The van der Waals surface area contributed by atoms with Crippen LogP contribution in [-0.4, -0.2) is 40.9 Å². The Labute approximate surface area is 124 Å². The molecule has 3 N–H and O–H groups in total. The molecule has 0 bridgehead atoms. The SMILES string of the molecule is CC(C)C[C@H](NC(=O)CCl)C(=O)N[C@H](C(=O)O)C(C)C. The van der Waals surface area contributed by atoms with Gasteiger partial charge in [-0.05, 0) is 18.3 Å². The van der Waals surface area contributed by atoms with E-state index >= 15 is 0 Å². The van der Waals surface area contributed by atoms with E-state index in [9.17, 15) is 14.4 Å². The number of hydrogen-bond acceptors (Lipinski definition) is 3. The normalized spacial score (nSPS) is 13.9. The van der Waals surface area contributed by atoms with Crippen LogP contribution in [0.5, 0.6) is 0 Å². The van der Waals surface area contributed by atoms with E-state index in [1.54, 1.807) is 13.8 Å². The molecular weight excluding hydrogens is 284 g/mol. The maximum absolute atomic E-state index is 12.1. The van der Waals surface area contributed by atoms with Crippen molar-refractivity contribution in [1.82, 2.24) is 10.6 Å². The Hall–Kier alpha value is -1.30. The number of carbonyl (C=O) groups excluding carboxylic acids is 2. The molecule has 6 nitrogen and oxygen atoms in total. The fourth-order valence-electron chi connectivity index (χ4n) is 1.70. The van der Waals surface area contributed by atoms with Crippen molar-refractivity contribution in [3.8, 4) is 0 Å². The van der Waals surface area contributed by atoms with Gasteiger partial charge in [-0.25, -0.2) is 4.79 Å². The third kappa shape index (κ3) is 6.75. The number of rotatable bonds is 8. The Bertz CT molecular complexity index is 358. The lowest BCUT2D eigenvalue weighted by atomic mass is 10.0. The number of carbonyl (C=O) groups is 3. The standard InChI is InChI=1S/C13H23ClN2O4/c1-7(2)5-9(15-10(17)6-14)12(18)16-11(8(3)4)13(19)20/h7-9,11H,5-6H2,1-4H3,(H,15,17)(H,16,18)(H,19,20)/t9-,11-/m0/s1. The average molecular weight is 307 g/mol. The highest BCUT2D eigenvalue weighted by Crippen LogP contribution is 2.08. The minimum absolute atomic E-state index is 0.170. The molecule has 2 amide bonds. The summed E-state index contributed by atoms with van der Waals surface area (Å²) in [4.78, 5) is 34.5. The first kappa shape index (κ1) is 18.7. The van der Waals surface area contributed by atoms with Gasteiger partial charge in [-0.1, -0.05) is 27.7 Å². The molecule has 0 aromatic carbocycles. The molecule has 0 aliphatic rings. The predicted octanol–water partition coefficient (Wildman–Crippen LogP) is 0.981. The molecular formula is C13H23ClN2O4. The van der Waals surface area contributed by atoms with Crippen molar-refractivity contribution in [2.24, 2.45) is 11.8 Å². The van der Waals surface area contributed by atoms with Gasteiger partial charge in [0.05, 0.1) is 0 Å². The Balaban J connectivity index is 4.84. The van der Waals surface area contributed by atoms with E-state index in [1.807, 2.05) is 13.8 Å². The second-order valence-electron chi connectivity index (χ2n) is 5.45. The summed E-state index contributed by atoms with van der Waals surface area (Å²) in [7, 11) is 0. The average Bonchev–Trinajstić information content (AvgIpc) is 2.33. The molecule has 116 valence electrons. The quantitative estimate of drug-likeness (QED) is 0.583. The van der Waals surface area contributed by atoms with Crippen LogP contribution in [0.3, 0.4) is 0 Å². The van der Waals surface area contributed by atoms with Gasteiger partial charge in [-0.15, -0.1) is 11.6 Å². The van der Waals surface area contributed by atoms with E-state index in [-0.39, 0.29) is 17.7 Å². The smallest absolute Gasteiger partial charge is 0.326 e. The van der Waals surface area contributed by atoms with Gasteiger partial charge in [0.1, 0.15) is 18.0 Å². The lowest BCUT2D eigenvalue weighted by molar-refractivity contribution is -0.143. The van der Waals surface area contributed by atoms with Gasteiger partial charge < -0.3 is 15.7 Å². The van der Waals surface area contributed by atoms with Crippen molar-refractivity contribution in [3.63, 3.8) is 0 Å². The van der Waals surface area contributed by atoms with E-state index < -0.39 is 29.9 Å². The largest absolute Gasteiger partial charge is 0.480 e. The summed E-state index contributed by atoms with van der Waals surface area (Å²) < 4.78 is 0. The zero-order valence-electron chi connectivity index (χ0n) is 12.3. The van der Waals surface area contributed by atoms with Crippen molar-refractivity contribution in [2.75, 3.05) is 5.88 Å². The van der Waals surface area contributed by atoms with Gasteiger partial charge in [0.15, 0.2) is 0 Å². The summed E-state index contributed by atoms with van der Waals surface area (Å²) >= 11 is 5.41. The molecule has 0 saturated heterocycles. The zero-order valence-corrected chi connectivity index (χ0v) is 13.0. The molecule has 0 aromatic rings. The van der Waals surface area contributed by atoms with Gasteiger partial charge in [0, 0.05) is 0 Å². The molecule has 0 aliphatic heterocycles. The molecule has 0 rings (SSSR count). The first-order chi connectivity index (χ1) is 9.18. The number of hydrogen-bond donors (Lipinski definition) is 3. The third-order valence-corrected chi connectivity index (χ3v) is 2.95. The van der Waals surface area contributed by atoms with Crippen LogP contribution in [0.25, 0.3) is 0 Å². The van der Waals surface area contributed by atoms with Crippen molar-refractivity contribution < 1.29 is 19.5 Å². The van der Waals surface area contributed by atoms with Crippen LogP contribution in [0.1, 0.15) is 34.1 Å². The van der Waals surface area contributed by atoms with Gasteiger partial charge >= 0.3 is 5.97 Å². The second kappa shape index (κ2) is 8.79. The van der Waals surface area contributed by atoms with Gasteiger partial charge in [-0.2, -0.15) is 0 Å². The minimum atomic E-state index is -1.10. The predicted molar refractivity (Wildman–Crippen MR) is 76.5 cm³/mol. The Morgan fingerprint density at radius 3 is 2.00 bits per heavy atom. The van der Waals surface area contributed by atoms with E-state index in [2.05, 4.69) is 10.6 Å². The van der Waals surface area contributed by atoms with Crippen molar-refractivity contribution >= 4 is 29.4 Å². The highest BCUT2D eigenvalue weighted by Gasteiger charge is 2.28.